The molecule has 0 aliphatic carbocycles. The standard InChI is InChI=1S/C14H21BrN2O/c1-10(16)12-3-4-14(13(15)7-12)17-6-5-11(8-17)9-18-2/h3-4,7,10-11H,5-6,8-9,16H2,1-2H3/t10-,11?/m1/s1. The van der Waals surface area contributed by atoms with Crippen LogP contribution in [0.1, 0.15) is 24.9 Å². The molecule has 18 heavy (non-hydrogen) atoms. The highest BCUT2D eigenvalue weighted by molar-refractivity contribution is 9.10. The number of methoxy groups -OCH3 is 1. The van der Waals surface area contributed by atoms with Crippen LogP contribution in [0.4, 0.5) is 5.69 Å². The molecule has 2 atom stereocenters. The van der Waals surface area contributed by atoms with E-state index in [-0.39, 0.29) is 6.04 Å². The highest BCUT2D eigenvalue weighted by atomic mass is 79.9. The van der Waals surface area contributed by atoms with E-state index in [9.17, 15) is 0 Å². The zero-order valence-electron chi connectivity index (χ0n) is 11.0. The minimum absolute atomic E-state index is 0.0789. The van der Waals surface area contributed by atoms with E-state index in [1.807, 2.05) is 6.92 Å². The molecule has 1 unspecified atom stereocenters. The van der Waals surface area contributed by atoms with Gasteiger partial charge in [-0.3, -0.25) is 0 Å². The van der Waals surface area contributed by atoms with Crippen LogP contribution in [-0.4, -0.2) is 26.8 Å². The predicted molar refractivity (Wildman–Crippen MR) is 78.9 cm³/mol. The minimum Gasteiger partial charge on any atom is -0.384 e. The normalized spacial score (nSPS) is 21.3. The molecule has 1 aromatic rings. The van der Waals surface area contributed by atoms with Crippen LogP contribution in [0, 0.1) is 5.92 Å². The summed E-state index contributed by atoms with van der Waals surface area (Å²) >= 11 is 3.66. The van der Waals surface area contributed by atoms with Crippen LogP contribution in [-0.2, 0) is 4.74 Å². The van der Waals surface area contributed by atoms with E-state index in [0.29, 0.717) is 5.92 Å². The van der Waals surface area contributed by atoms with E-state index in [1.165, 1.54) is 17.7 Å². The van der Waals surface area contributed by atoms with Crippen molar-refractivity contribution in [1.29, 1.82) is 0 Å². The largest absolute Gasteiger partial charge is 0.384 e. The van der Waals surface area contributed by atoms with Crippen molar-refractivity contribution < 1.29 is 4.74 Å². The number of rotatable bonds is 4. The van der Waals surface area contributed by atoms with Gasteiger partial charge in [-0.1, -0.05) is 6.07 Å². The molecule has 1 heterocycles. The Bertz CT molecular complexity index is 409. The molecule has 0 radical (unpaired) electrons. The summed E-state index contributed by atoms with van der Waals surface area (Å²) in [5, 5.41) is 0. The monoisotopic (exact) mass is 312 g/mol. The van der Waals surface area contributed by atoms with Gasteiger partial charge >= 0.3 is 0 Å². The quantitative estimate of drug-likeness (QED) is 0.929. The molecule has 4 heteroatoms. The fourth-order valence-corrected chi connectivity index (χ4v) is 3.13. The van der Waals surface area contributed by atoms with E-state index in [0.717, 1.165) is 24.2 Å². The average Bonchev–Trinajstić information content (AvgIpc) is 2.77. The molecule has 2 N–H and O–H groups in total. The van der Waals surface area contributed by atoms with E-state index in [1.54, 1.807) is 7.11 Å². The van der Waals surface area contributed by atoms with Gasteiger partial charge in [0.1, 0.15) is 0 Å². The molecule has 1 saturated heterocycles. The molecule has 0 spiro atoms. The number of benzene rings is 1. The van der Waals surface area contributed by atoms with Crippen molar-refractivity contribution in [1.82, 2.24) is 0 Å². The number of nitrogens with two attached hydrogens (primary N) is 1. The Kier molecular flexibility index (Phi) is 4.65. The SMILES string of the molecule is COCC1CCN(c2ccc([C@@H](C)N)cc2Br)C1. The molecule has 0 bridgehead atoms. The Morgan fingerprint density at radius 3 is 2.94 bits per heavy atom. The minimum atomic E-state index is 0.0789. The highest BCUT2D eigenvalue weighted by Gasteiger charge is 2.23. The van der Waals surface area contributed by atoms with E-state index in [4.69, 9.17) is 10.5 Å². The molecule has 0 aromatic heterocycles. The van der Waals surface area contributed by atoms with Gasteiger partial charge in [-0.25, -0.2) is 0 Å². The summed E-state index contributed by atoms with van der Waals surface area (Å²) in [6, 6.07) is 6.49. The number of anilines is 1. The Morgan fingerprint density at radius 2 is 2.33 bits per heavy atom. The fourth-order valence-electron chi connectivity index (χ4n) is 2.49. The first kappa shape index (κ1) is 13.8. The first-order chi connectivity index (χ1) is 8.61. The predicted octanol–water partition coefficient (Wildman–Crippen LogP) is 2.94. The van der Waals surface area contributed by atoms with Gasteiger partial charge in [0.25, 0.3) is 0 Å². The van der Waals surface area contributed by atoms with Gasteiger partial charge in [0.05, 0.1) is 12.3 Å². The summed E-state index contributed by atoms with van der Waals surface area (Å²) in [5.74, 6) is 0.648. The molecule has 0 saturated carbocycles. The molecule has 1 fully saturated rings. The van der Waals surface area contributed by atoms with Crippen LogP contribution in [0.2, 0.25) is 0 Å². The summed E-state index contributed by atoms with van der Waals surface area (Å²) in [5.41, 5.74) is 8.32. The van der Waals surface area contributed by atoms with Crippen molar-refractivity contribution in [2.24, 2.45) is 11.7 Å². The molecule has 1 aliphatic rings. The van der Waals surface area contributed by atoms with Crippen molar-refractivity contribution in [3.05, 3.63) is 28.2 Å². The maximum atomic E-state index is 5.90. The first-order valence-corrected chi connectivity index (χ1v) is 7.20. The average molecular weight is 313 g/mol. The van der Waals surface area contributed by atoms with Gasteiger partial charge in [0.15, 0.2) is 0 Å². The van der Waals surface area contributed by atoms with Crippen LogP contribution in [0.15, 0.2) is 22.7 Å². The number of halogens is 1. The van der Waals surface area contributed by atoms with Gasteiger partial charge in [-0.2, -0.15) is 0 Å². The number of ether oxygens (including phenoxy) is 1. The lowest BCUT2D eigenvalue weighted by Gasteiger charge is -2.21. The second-order valence-corrected chi connectivity index (χ2v) is 5.91. The van der Waals surface area contributed by atoms with E-state index >= 15 is 0 Å². The maximum absolute atomic E-state index is 5.90. The van der Waals surface area contributed by atoms with Crippen molar-refractivity contribution in [3.63, 3.8) is 0 Å². The molecular formula is C14H21BrN2O. The third-order valence-corrected chi connectivity index (χ3v) is 4.16. The third-order valence-electron chi connectivity index (χ3n) is 3.53. The van der Waals surface area contributed by atoms with Crippen molar-refractivity contribution >= 4 is 21.6 Å². The van der Waals surface area contributed by atoms with Gasteiger partial charge in [0.2, 0.25) is 0 Å². The number of nitrogens with zero attached hydrogens (tertiary/aromatic N) is 1. The molecule has 2 rings (SSSR count). The summed E-state index contributed by atoms with van der Waals surface area (Å²) in [4.78, 5) is 2.42. The molecule has 100 valence electrons. The second-order valence-electron chi connectivity index (χ2n) is 5.06. The van der Waals surface area contributed by atoms with Gasteiger partial charge in [-0.05, 0) is 47.0 Å². The molecular weight excluding hydrogens is 292 g/mol. The zero-order valence-corrected chi connectivity index (χ0v) is 12.6. The van der Waals surface area contributed by atoms with Gasteiger partial charge < -0.3 is 15.4 Å². The summed E-state index contributed by atoms with van der Waals surface area (Å²) < 4.78 is 6.37. The molecule has 1 aromatic carbocycles. The van der Waals surface area contributed by atoms with Gasteiger partial charge in [0, 0.05) is 36.6 Å². The van der Waals surface area contributed by atoms with Crippen molar-refractivity contribution in [2.45, 2.75) is 19.4 Å². The smallest absolute Gasteiger partial charge is 0.0510 e. The van der Waals surface area contributed by atoms with Crippen LogP contribution in [0.3, 0.4) is 0 Å². The zero-order chi connectivity index (χ0) is 13.1. The van der Waals surface area contributed by atoms with Crippen LogP contribution in [0.25, 0.3) is 0 Å². The lowest BCUT2D eigenvalue weighted by Crippen LogP contribution is -2.21. The van der Waals surface area contributed by atoms with Crippen LogP contribution < -0.4 is 10.6 Å². The lowest BCUT2D eigenvalue weighted by molar-refractivity contribution is 0.161. The number of hydrogen-bond acceptors (Lipinski definition) is 3. The summed E-state index contributed by atoms with van der Waals surface area (Å²) in [6.07, 6.45) is 1.20. The Morgan fingerprint density at radius 1 is 1.56 bits per heavy atom. The molecule has 3 nitrogen and oxygen atoms in total. The van der Waals surface area contributed by atoms with Crippen LogP contribution >= 0.6 is 15.9 Å². The Labute approximate surface area is 117 Å². The number of hydrogen-bond donors (Lipinski definition) is 1. The van der Waals surface area contributed by atoms with Crippen molar-refractivity contribution in [2.75, 3.05) is 31.7 Å². The van der Waals surface area contributed by atoms with Crippen molar-refractivity contribution in [3.8, 4) is 0 Å². The third kappa shape index (κ3) is 3.05. The van der Waals surface area contributed by atoms with E-state index in [2.05, 4.69) is 39.0 Å². The Hall–Kier alpha value is -0.580. The lowest BCUT2D eigenvalue weighted by atomic mass is 10.1. The first-order valence-electron chi connectivity index (χ1n) is 6.40. The van der Waals surface area contributed by atoms with Crippen LogP contribution in [0.5, 0.6) is 0 Å². The molecule has 0 amide bonds. The molecule has 1 aliphatic heterocycles. The topological polar surface area (TPSA) is 38.5 Å². The fraction of sp³-hybridized carbons (Fsp3) is 0.571. The second kappa shape index (κ2) is 6.04. The highest BCUT2D eigenvalue weighted by Crippen LogP contribution is 2.32. The summed E-state index contributed by atoms with van der Waals surface area (Å²) in [6.45, 7) is 5.03. The Balaban J connectivity index is 2.10. The van der Waals surface area contributed by atoms with E-state index < -0.39 is 0 Å². The summed E-state index contributed by atoms with van der Waals surface area (Å²) in [7, 11) is 1.77. The maximum Gasteiger partial charge on any atom is 0.0510 e. The van der Waals surface area contributed by atoms with Gasteiger partial charge in [-0.15, -0.1) is 0 Å².